The van der Waals surface area contributed by atoms with Crippen molar-refractivity contribution in [2.24, 2.45) is 5.92 Å². The molecule has 2 aliphatic rings. The van der Waals surface area contributed by atoms with Crippen LogP contribution in [0.3, 0.4) is 0 Å². The fraction of sp³-hybridized carbons (Fsp3) is 0.625. The maximum absolute atomic E-state index is 3.34. The van der Waals surface area contributed by atoms with E-state index in [9.17, 15) is 0 Å². The zero-order chi connectivity index (χ0) is 12.4. The number of hydrogen-bond acceptors (Lipinski definition) is 2. The van der Waals surface area contributed by atoms with Crippen molar-refractivity contribution in [2.45, 2.75) is 31.7 Å². The van der Waals surface area contributed by atoms with Crippen LogP contribution in [0.1, 0.15) is 24.0 Å². The van der Waals surface area contributed by atoms with Crippen LogP contribution in [0.5, 0.6) is 0 Å². The highest BCUT2D eigenvalue weighted by Crippen LogP contribution is 2.32. The molecular weight excluding hydrogens is 220 g/mol. The molecule has 2 heteroatoms. The van der Waals surface area contributed by atoms with Gasteiger partial charge in [0.2, 0.25) is 0 Å². The lowest BCUT2D eigenvalue weighted by atomic mass is 9.78. The van der Waals surface area contributed by atoms with E-state index in [1.807, 2.05) is 0 Å². The molecule has 0 bridgehead atoms. The highest BCUT2D eigenvalue weighted by atomic mass is 15.2. The number of fused-ring (bicyclic) bond motifs is 1. The summed E-state index contributed by atoms with van der Waals surface area (Å²) in [5.41, 5.74) is 3.15. The van der Waals surface area contributed by atoms with Gasteiger partial charge in [-0.05, 0) is 56.3 Å². The van der Waals surface area contributed by atoms with Gasteiger partial charge in [0.1, 0.15) is 0 Å². The van der Waals surface area contributed by atoms with E-state index in [1.54, 1.807) is 11.1 Å². The second-order valence-corrected chi connectivity index (χ2v) is 5.77. The van der Waals surface area contributed by atoms with Gasteiger partial charge in [0.25, 0.3) is 0 Å². The molecule has 1 aromatic rings. The molecule has 0 saturated heterocycles. The van der Waals surface area contributed by atoms with Crippen molar-refractivity contribution in [3.8, 4) is 0 Å². The summed E-state index contributed by atoms with van der Waals surface area (Å²) < 4.78 is 0. The molecule has 1 saturated carbocycles. The van der Waals surface area contributed by atoms with E-state index in [4.69, 9.17) is 0 Å². The minimum Gasteiger partial charge on any atom is -0.319 e. The third-order valence-electron chi connectivity index (χ3n) is 4.77. The molecular formula is C16H24N2. The molecule has 3 rings (SSSR count). The van der Waals surface area contributed by atoms with Gasteiger partial charge in [0.15, 0.2) is 0 Å². The van der Waals surface area contributed by atoms with Gasteiger partial charge >= 0.3 is 0 Å². The van der Waals surface area contributed by atoms with Crippen LogP contribution in [0.25, 0.3) is 0 Å². The van der Waals surface area contributed by atoms with Crippen LogP contribution in [-0.2, 0) is 12.8 Å². The molecule has 0 amide bonds. The predicted octanol–water partition coefficient (Wildman–Crippen LogP) is 2.09. The van der Waals surface area contributed by atoms with Crippen molar-refractivity contribution in [3.63, 3.8) is 0 Å². The topological polar surface area (TPSA) is 15.3 Å². The average molecular weight is 244 g/mol. The zero-order valence-corrected chi connectivity index (χ0v) is 11.4. The van der Waals surface area contributed by atoms with Gasteiger partial charge in [0.05, 0.1) is 0 Å². The summed E-state index contributed by atoms with van der Waals surface area (Å²) in [5, 5.41) is 3.34. The molecule has 2 unspecified atom stereocenters. The molecule has 1 aliphatic heterocycles. The Hall–Kier alpha value is -0.860. The molecule has 0 radical (unpaired) electrons. The fourth-order valence-electron chi connectivity index (χ4n) is 3.55. The first-order valence-electron chi connectivity index (χ1n) is 7.34. The van der Waals surface area contributed by atoms with Gasteiger partial charge in [-0.25, -0.2) is 0 Å². The van der Waals surface area contributed by atoms with Crippen molar-refractivity contribution >= 4 is 0 Å². The number of benzene rings is 1. The first-order valence-corrected chi connectivity index (χ1v) is 7.34. The summed E-state index contributed by atoms with van der Waals surface area (Å²) in [4.78, 5) is 2.74. The summed E-state index contributed by atoms with van der Waals surface area (Å²) in [6, 6.07) is 9.82. The lowest BCUT2D eigenvalue weighted by Gasteiger charge is -2.44. The Bertz CT molecular complexity index is 375. The Labute approximate surface area is 110 Å². The van der Waals surface area contributed by atoms with Crippen LogP contribution in [-0.4, -0.2) is 37.6 Å². The molecule has 18 heavy (non-hydrogen) atoms. The standard InChI is InChI=1S/C16H24N2/c1-17-12-15-6-7-16(15)18-10-8-13-4-2-3-5-14(13)9-11-18/h2-5,15-17H,6-12H2,1H3. The lowest BCUT2D eigenvalue weighted by Crippen LogP contribution is -2.51. The molecule has 1 fully saturated rings. The number of hydrogen-bond donors (Lipinski definition) is 1. The van der Waals surface area contributed by atoms with E-state index in [-0.39, 0.29) is 0 Å². The number of nitrogens with zero attached hydrogens (tertiary/aromatic N) is 1. The van der Waals surface area contributed by atoms with E-state index in [0.29, 0.717) is 0 Å². The highest BCUT2D eigenvalue weighted by molar-refractivity contribution is 5.28. The average Bonchev–Trinajstić information content (AvgIpc) is 2.58. The van der Waals surface area contributed by atoms with Crippen LogP contribution in [0, 0.1) is 5.92 Å². The van der Waals surface area contributed by atoms with E-state index >= 15 is 0 Å². The largest absolute Gasteiger partial charge is 0.319 e. The van der Waals surface area contributed by atoms with Gasteiger partial charge in [-0.2, -0.15) is 0 Å². The molecule has 1 aliphatic carbocycles. The molecule has 98 valence electrons. The third-order valence-corrected chi connectivity index (χ3v) is 4.77. The minimum atomic E-state index is 0.840. The highest BCUT2D eigenvalue weighted by Gasteiger charge is 2.35. The van der Waals surface area contributed by atoms with Crippen LogP contribution < -0.4 is 5.32 Å². The van der Waals surface area contributed by atoms with E-state index in [1.165, 1.54) is 45.3 Å². The van der Waals surface area contributed by atoms with Gasteiger partial charge in [-0.3, -0.25) is 4.90 Å². The number of nitrogens with one attached hydrogen (secondary N) is 1. The molecule has 2 atom stereocenters. The molecule has 2 nitrogen and oxygen atoms in total. The fourth-order valence-corrected chi connectivity index (χ4v) is 3.55. The Morgan fingerprint density at radius 2 is 1.78 bits per heavy atom. The molecule has 1 N–H and O–H groups in total. The molecule has 1 heterocycles. The Morgan fingerprint density at radius 3 is 2.28 bits per heavy atom. The SMILES string of the molecule is CNCC1CCC1N1CCc2ccccc2CC1. The zero-order valence-electron chi connectivity index (χ0n) is 11.4. The first kappa shape index (κ1) is 12.2. The number of rotatable bonds is 3. The summed E-state index contributed by atoms with van der Waals surface area (Å²) in [5.74, 6) is 0.885. The Balaban J connectivity index is 1.64. The second-order valence-electron chi connectivity index (χ2n) is 5.77. The van der Waals surface area contributed by atoms with Crippen LogP contribution in [0.15, 0.2) is 24.3 Å². The minimum absolute atomic E-state index is 0.840. The Morgan fingerprint density at radius 1 is 1.11 bits per heavy atom. The smallest absolute Gasteiger partial charge is 0.0136 e. The van der Waals surface area contributed by atoms with Crippen molar-refractivity contribution in [2.75, 3.05) is 26.7 Å². The third kappa shape index (κ3) is 2.32. The van der Waals surface area contributed by atoms with Crippen LogP contribution in [0.4, 0.5) is 0 Å². The molecule has 0 aromatic heterocycles. The van der Waals surface area contributed by atoms with Crippen molar-refractivity contribution in [3.05, 3.63) is 35.4 Å². The summed E-state index contributed by atoms with van der Waals surface area (Å²) >= 11 is 0. The van der Waals surface area contributed by atoms with Crippen molar-refractivity contribution < 1.29 is 0 Å². The second kappa shape index (κ2) is 5.41. The van der Waals surface area contributed by atoms with Gasteiger partial charge in [0, 0.05) is 19.1 Å². The van der Waals surface area contributed by atoms with E-state index < -0.39 is 0 Å². The maximum Gasteiger partial charge on any atom is 0.0136 e. The quantitative estimate of drug-likeness (QED) is 0.876. The van der Waals surface area contributed by atoms with E-state index in [0.717, 1.165) is 12.0 Å². The van der Waals surface area contributed by atoms with E-state index in [2.05, 4.69) is 41.5 Å². The molecule has 0 spiro atoms. The summed E-state index contributed by atoms with van der Waals surface area (Å²) in [6.45, 7) is 3.69. The van der Waals surface area contributed by atoms with Gasteiger partial charge in [-0.1, -0.05) is 24.3 Å². The predicted molar refractivity (Wildman–Crippen MR) is 75.9 cm³/mol. The van der Waals surface area contributed by atoms with Crippen molar-refractivity contribution in [1.82, 2.24) is 10.2 Å². The van der Waals surface area contributed by atoms with Gasteiger partial charge in [-0.15, -0.1) is 0 Å². The van der Waals surface area contributed by atoms with Gasteiger partial charge < -0.3 is 5.32 Å². The normalized spacial score (nSPS) is 28.3. The summed E-state index contributed by atoms with van der Waals surface area (Å²) in [7, 11) is 2.08. The van der Waals surface area contributed by atoms with Crippen LogP contribution in [0.2, 0.25) is 0 Å². The first-order chi connectivity index (χ1) is 8.88. The summed E-state index contributed by atoms with van der Waals surface area (Å²) in [6.07, 6.45) is 5.29. The maximum atomic E-state index is 3.34. The Kier molecular flexibility index (Phi) is 3.67. The lowest BCUT2D eigenvalue weighted by molar-refractivity contribution is 0.0664. The monoisotopic (exact) mass is 244 g/mol. The van der Waals surface area contributed by atoms with Crippen molar-refractivity contribution in [1.29, 1.82) is 0 Å². The van der Waals surface area contributed by atoms with Crippen LogP contribution >= 0.6 is 0 Å². The molecule has 1 aromatic carbocycles.